The number of nitrogens with one attached hydrogen (secondary N) is 1. The van der Waals surface area contributed by atoms with Crippen molar-refractivity contribution >= 4 is 11.9 Å². The molecule has 11 heavy (non-hydrogen) atoms. The zero-order chi connectivity index (χ0) is 8.43. The van der Waals surface area contributed by atoms with Crippen molar-refractivity contribution in [3.63, 3.8) is 0 Å². The molecule has 2 unspecified atom stereocenters. The molecular weight excluding hydrogens is 146 g/mol. The molecule has 0 radical (unpaired) electrons. The van der Waals surface area contributed by atoms with Gasteiger partial charge in [-0.3, -0.25) is 9.59 Å². The van der Waals surface area contributed by atoms with Gasteiger partial charge in [-0.1, -0.05) is 0 Å². The maximum Gasteiger partial charge on any atom is 0.310 e. The molecule has 1 saturated carbocycles. The van der Waals surface area contributed by atoms with E-state index < -0.39 is 0 Å². The Morgan fingerprint density at radius 3 is 2.64 bits per heavy atom. The van der Waals surface area contributed by atoms with E-state index >= 15 is 0 Å². The van der Waals surface area contributed by atoms with Crippen LogP contribution in [0.3, 0.4) is 0 Å². The smallest absolute Gasteiger partial charge is 0.310 e. The molecule has 1 aliphatic rings. The molecule has 1 rings (SSSR count). The number of hydrogen-bond donors (Lipinski definition) is 1. The van der Waals surface area contributed by atoms with Crippen LogP contribution in [-0.4, -0.2) is 25.0 Å². The van der Waals surface area contributed by atoms with Gasteiger partial charge in [-0.05, 0) is 6.42 Å². The van der Waals surface area contributed by atoms with Crippen molar-refractivity contribution in [2.45, 2.75) is 19.4 Å². The van der Waals surface area contributed by atoms with Crippen LogP contribution in [0, 0.1) is 5.92 Å². The Balaban J connectivity index is 2.26. The fourth-order valence-corrected chi connectivity index (χ4v) is 1.03. The van der Waals surface area contributed by atoms with Crippen LogP contribution < -0.4 is 5.32 Å². The zero-order valence-corrected chi connectivity index (χ0v) is 6.59. The van der Waals surface area contributed by atoms with Crippen LogP contribution in [0.15, 0.2) is 0 Å². The quantitative estimate of drug-likeness (QED) is 0.559. The highest BCUT2D eigenvalue weighted by Gasteiger charge is 2.44. The standard InChI is InChI=1S/C7H11NO3/c1-4(9)8-6-3-5(6)7(10)11-2/h5-6H,3H2,1-2H3,(H,8,9). The molecule has 4 nitrogen and oxygen atoms in total. The van der Waals surface area contributed by atoms with Crippen molar-refractivity contribution in [1.82, 2.24) is 5.32 Å². The maximum absolute atomic E-state index is 10.8. The third-order valence-corrected chi connectivity index (χ3v) is 1.68. The number of carbonyl (C=O) groups excluding carboxylic acids is 2. The highest BCUT2D eigenvalue weighted by atomic mass is 16.5. The van der Waals surface area contributed by atoms with Gasteiger partial charge in [0.1, 0.15) is 0 Å². The van der Waals surface area contributed by atoms with Crippen LogP contribution in [0.5, 0.6) is 0 Å². The molecule has 0 bridgehead atoms. The normalized spacial score (nSPS) is 27.5. The van der Waals surface area contributed by atoms with Crippen LogP contribution in [0.1, 0.15) is 13.3 Å². The Morgan fingerprint density at radius 1 is 1.55 bits per heavy atom. The van der Waals surface area contributed by atoms with Gasteiger partial charge >= 0.3 is 5.97 Å². The Labute approximate surface area is 64.9 Å². The van der Waals surface area contributed by atoms with Gasteiger partial charge in [0.2, 0.25) is 5.91 Å². The van der Waals surface area contributed by atoms with Crippen LogP contribution in [-0.2, 0) is 14.3 Å². The lowest BCUT2D eigenvalue weighted by molar-refractivity contribution is -0.142. The molecule has 0 aromatic heterocycles. The molecule has 4 heteroatoms. The Hall–Kier alpha value is -1.06. The van der Waals surface area contributed by atoms with E-state index in [1.807, 2.05) is 0 Å². The van der Waals surface area contributed by atoms with Crippen molar-refractivity contribution in [1.29, 1.82) is 0 Å². The van der Waals surface area contributed by atoms with Gasteiger partial charge in [0.25, 0.3) is 0 Å². The first kappa shape index (κ1) is 8.04. The van der Waals surface area contributed by atoms with Gasteiger partial charge in [0.15, 0.2) is 0 Å². The van der Waals surface area contributed by atoms with Gasteiger partial charge in [0.05, 0.1) is 13.0 Å². The van der Waals surface area contributed by atoms with Crippen molar-refractivity contribution in [3.05, 3.63) is 0 Å². The number of carbonyl (C=O) groups is 2. The summed E-state index contributed by atoms with van der Waals surface area (Å²) in [5.74, 6) is -0.436. The first-order valence-corrected chi connectivity index (χ1v) is 3.50. The summed E-state index contributed by atoms with van der Waals surface area (Å²) < 4.78 is 4.50. The predicted molar refractivity (Wildman–Crippen MR) is 37.7 cm³/mol. The third kappa shape index (κ3) is 1.93. The summed E-state index contributed by atoms with van der Waals surface area (Å²) in [7, 11) is 1.35. The fourth-order valence-electron chi connectivity index (χ4n) is 1.03. The molecule has 0 aliphatic heterocycles. The molecule has 1 amide bonds. The van der Waals surface area contributed by atoms with Gasteiger partial charge in [-0.25, -0.2) is 0 Å². The van der Waals surface area contributed by atoms with E-state index in [1.165, 1.54) is 14.0 Å². The zero-order valence-electron chi connectivity index (χ0n) is 6.59. The van der Waals surface area contributed by atoms with E-state index in [1.54, 1.807) is 0 Å². The molecule has 0 aromatic carbocycles. The minimum atomic E-state index is -0.233. The second kappa shape index (κ2) is 2.90. The van der Waals surface area contributed by atoms with Crippen molar-refractivity contribution in [3.8, 4) is 0 Å². The number of methoxy groups -OCH3 is 1. The first-order chi connectivity index (χ1) is 5.15. The second-order valence-corrected chi connectivity index (χ2v) is 2.67. The van der Waals surface area contributed by atoms with E-state index in [0.29, 0.717) is 6.42 Å². The van der Waals surface area contributed by atoms with Crippen molar-refractivity contribution < 1.29 is 14.3 Å². The number of ether oxygens (including phenoxy) is 1. The topological polar surface area (TPSA) is 55.4 Å². The van der Waals surface area contributed by atoms with Gasteiger partial charge in [-0.15, -0.1) is 0 Å². The lowest BCUT2D eigenvalue weighted by Gasteiger charge is -1.98. The minimum Gasteiger partial charge on any atom is -0.469 e. The summed E-state index contributed by atoms with van der Waals surface area (Å²) in [5, 5.41) is 2.64. The van der Waals surface area contributed by atoms with E-state index in [0.717, 1.165) is 0 Å². The Bertz CT molecular complexity index is 190. The third-order valence-electron chi connectivity index (χ3n) is 1.68. The first-order valence-electron chi connectivity index (χ1n) is 3.50. The number of rotatable bonds is 2. The molecule has 0 aromatic rings. The summed E-state index contributed by atoms with van der Waals surface area (Å²) >= 11 is 0. The second-order valence-electron chi connectivity index (χ2n) is 2.67. The number of esters is 1. The highest BCUT2D eigenvalue weighted by molar-refractivity contribution is 5.80. The van der Waals surface area contributed by atoms with Crippen LogP contribution in [0.4, 0.5) is 0 Å². The molecule has 1 fully saturated rings. The van der Waals surface area contributed by atoms with Gasteiger partial charge in [-0.2, -0.15) is 0 Å². The number of hydrogen-bond acceptors (Lipinski definition) is 3. The lowest BCUT2D eigenvalue weighted by atomic mass is 10.4. The van der Waals surface area contributed by atoms with E-state index in [4.69, 9.17) is 0 Å². The summed E-state index contributed by atoms with van der Waals surface area (Å²) in [6.07, 6.45) is 0.715. The summed E-state index contributed by atoms with van der Waals surface area (Å²) in [5.41, 5.74) is 0. The molecule has 1 N–H and O–H groups in total. The van der Waals surface area contributed by atoms with Crippen LogP contribution in [0.25, 0.3) is 0 Å². The molecular formula is C7H11NO3. The van der Waals surface area contributed by atoms with Crippen molar-refractivity contribution in [2.75, 3.05) is 7.11 Å². The average Bonchev–Trinajstić information content (AvgIpc) is 2.65. The summed E-state index contributed by atoms with van der Waals surface area (Å²) in [4.78, 5) is 21.3. The summed E-state index contributed by atoms with van der Waals surface area (Å²) in [6.45, 7) is 1.44. The summed E-state index contributed by atoms with van der Waals surface area (Å²) in [6, 6.07) is 0.0138. The van der Waals surface area contributed by atoms with Gasteiger partial charge in [0, 0.05) is 13.0 Å². The minimum absolute atomic E-state index is 0.0138. The molecule has 0 spiro atoms. The average molecular weight is 157 g/mol. The molecule has 1 aliphatic carbocycles. The van der Waals surface area contributed by atoms with E-state index in [2.05, 4.69) is 10.1 Å². The van der Waals surface area contributed by atoms with Crippen LogP contribution in [0.2, 0.25) is 0 Å². The van der Waals surface area contributed by atoms with E-state index in [-0.39, 0.29) is 23.8 Å². The predicted octanol–water partition coefficient (Wildman–Crippen LogP) is -0.316. The molecule has 2 atom stereocenters. The maximum atomic E-state index is 10.8. The van der Waals surface area contributed by atoms with E-state index in [9.17, 15) is 9.59 Å². The highest BCUT2D eigenvalue weighted by Crippen LogP contribution is 2.31. The largest absolute Gasteiger partial charge is 0.469 e. The Morgan fingerprint density at radius 2 is 2.18 bits per heavy atom. The van der Waals surface area contributed by atoms with Crippen molar-refractivity contribution in [2.24, 2.45) is 5.92 Å². The Kier molecular flexibility index (Phi) is 2.12. The number of amides is 1. The monoisotopic (exact) mass is 157 g/mol. The molecule has 0 saturated heterocycles. The molecule has 62 valence electrons. The lowest BCUT2D eigenvalue weighted by Crippen LogP contribution is -2.25. The fraction of sp³-hybridized carbons (Fsp3) is 0.714. The van der Waals surface area contributed by atoms with Crippen LogP contribution >= 0.6 is 0 Å². The van der Waals surface area contributed by atoms with Gasteiger partial charge < -0.3 is 10.1 Å². The molecule has 0 heterocycles. The SMILES string of the molecule is COC(=O)C1CC1NC(C)=O.